The number of amides is 1. The SMILES string of the molecule is CC(NC(=O)c1ccnn1C)c1ncc[nH]1. The van der Waals surface area contributed by atoms with Crippen molar-refractivity contribution in [2.45, 2.75) is 13.0 Å². The van der Waals surface area contributed by atoms with E-state index in [0.29, 0.717) is 5.69 Å². The minimum atomic E-state index is -0.163. The summed E-state index contributed by atoms with van der Waals surface area (Å²) in [7, 11) is 1.73. The summed E-state index contributed by atoms with van der Waals surface area (Å²) in [5.74, 6) is 0.569. The summed E-state index contributed by atoms with van der Waals surface area (Å²) in [6.45, 7) is 1.87. The molecule has 0 spiro atoms. The molecule has 16 heavy (non-hydrogen) atoms. The molecule has 0 radical (unpaired) electrons. The van der Waals surface area contributed by atoms with Crippen LogP contribution in [0.2, 0.25) is 0 Å². The molecule has 6 nitrogen and oxygen atoms in total. The van der Waals surface area contributed by atoms with Crippen LogP contribution in [0.15, 0.2) is 24.7 Å². The van der Waals surface area contributed by atoms with Crippen LogP contribution < -0.4 is 5.32 Å². The predicted molar refractivity (Wildman–Crippen MR) is 57.7 cm³/mol. The third kappa shape index (κ3) is 1.95. The number of nitrogens with one attached hydrogen (secondary N) is 2. The van der Waals surface area contributed by atoms with Gasteiger partial charge in [0.05, 0.1) is 6.04 Å². The van der Waals surface area contributed by atoms with E-state index >= 15 is 0 Å². The summed E-state index contributed by atoms with van der Waals surface area (Å²) in [6, 6.07) is 1.52. The standard InChI is InChI=1S/C10H13N5O/c1-7(9-11-5-6-12-9)14-10(16)8-3-4-13-15(8)2/h3-7H,1-2H3,(H,11,12)(H,14,16). The van der Waals surface area contributed by atoms with Gasteiger partial charge in [-0.05, 0) is 13.0 Å². The van der Waals surface area contributed by atoms with Crippen LogP contribution in [0.25, 0.3) is 0 Å². The Morgan fingerprint density at radius 1 is 1.56 bits per heavy atom. The molecule has 0 saturated heterocycles. The summed E-state index contributed by atoms with van der Waals surface area (Å²) >= 11 is 0. The first kappa shape index (κ1) is 10.4. The molecule has 0 fully saturated rings. The van der Waals surface area contributed by atoms with E-state index in [1.54, 1.807) is 31.7 Å². The van der Waals surface area contributed by atoms with E-state index in [-0.39, 0.29) is 11.9 Å². The highest BCUT2D eigenvalue weighted by Gasteiger charge is 2.14. The van der Waals surface area contributed by atoms with Gasteiger partial charge in [0.25, 0.3) is 5.91 Å². The van der Waals surface area contributed by atoms with Crippen molar-refractivity contribution in [2.75, 3.05) is 0 Å². The summed E-state index contributed by atoms with van der Waals surface area (Å²) < 4.78 is 1.53. The first-order chi connectivity index (χ1) is 7.68. The summed E-state index contributed by atoms with van der Waals surface area (Å²) in [5, 5.41) is 6.77. The van der Waals surface area contributed by atoms with Crippen molar-refractivity contribution in [3.63, 3.8) is 0 Å². The summed E-state index contributed by atoms with van der Waals surface area (Å²) in [4.78, 5) is 18.9. The van der Waals surface area contributed by atoms with Crippen molar-refractivity contribution in [1.82, 2.24) is 25.1 Å². The molecule has 2 N–H and O–H groups in total. The largest absolute Gasteiger partial charge is 0.347 e. The normalized spacial score (nSPS) is 12.4. The van der Waals surface area contributed by atoms with Gasteiger partial charge >= 0.3 is 0 Å². The molecule has 1 unspecified atom stereocenters. The average molecular weight is 219 g/mol. The highest BCUT2D eigenvalue weighted by Crippen LogP contribution is 2.06. The fourth-order valence-corrected chi connectivity index (χ4v) is 1.45. The second-order valence-corrected chi connectivity index (χ2v) is 3.51. The number of hydrogen-bond donors (Lipinski definition) is 2. The van der Waals surface area contributed by atoms with E-state index < -0.39 is 0 Å². The Morgan fingerprint density at radius 2 is 2.38 bits per heavy atom. The van der Waals surface area contributed by atoms with Gasteiger partial charge in [-0.2, -0.15) is 5.10 Å². The lowest BCUT2D eigenvalue weighted by atomic mass is 10.3. The monoisotopic (exact) mass is 219 g/mol. The molecule has 0 aliphatic heterocycles. The molecule has 6 heteroatoms. The zero-order valence-corrected chi connectivity index (χ0v) is 9.14. The maximum atomic E-state index is 11.8. The smallest absolute Gasteiger partial charge is 0.270 e. The molecule has 1 amide bonds. The average Bonchev–Trinajstić information content (AvgIpc) is 2.86. The van der Waals surface area contributed by atoms with E-state index in [1.807, 2.05) is 6.92 Å². The zero-order chi connectivity index (χ0) is 11.5. The molecule has 0 aliphatic carbocycles. The number of imidazole rings is 1. The van der Waals surface area contributed by atoms with E-state index in [9.17, 15) is 4.79 Å². The second kappa shape index (κ2) is 4.18. The number of nitrogens with zero attached hydrogens (tertiary/aromatic N) is 3. The van der Waals surface area contributed by atoms with Gasteiger partial charge in [-0.1, -0.05) is 0 Å². The first-order valence-electron chi connectivity index (χ1n) is 4.96. The highest BCUT2D eigenvalue weighted by atomic mass is 16.2. The fraction of sp³-hybridized carbons (Fsp3) is 0.300. The van der Waals surface area contributed by atoms with Crippen LogP contribution in [0, 0.1) is 0 Å². The molecular weight excluding hydrogens is 206 g/mol. The Hall–Kier alpha value is -2.11. The lowest BCUT2D eigenvalue weighted by molar-refractivity contribution is 0.0929. The third-order valence-corrected chi connectivity index (χ3v) is 2.33. The molecule has 0 saturated carbocycles. The maximum Gasteiger partial charge on any atom is 0.270 e. The molecule has 0 aliphatic rings. The molecule has 0 aromatic carbocycles. The van der Waals surface area contributed by atoms with Crippen LogP contribution in [0.4, 0.5) is 0 Å². The van der Waals surface area contributed by atoms with E-state index in [0.717, 1.165) is 5.82 Å². The van der Waals surface area contributed by atoms with Crippen molar-refractivity contribution in [3.8, 4) is 0 Å². The molecular formula is C10H13N5O. The van der Waals surface area contributed by atoms with Crippen LogP contribution in [-0.2, 0) is 7.05 Å². The van der Waals surface area contributed by atoms with Crippen molar-refractivity contribution in [1.29, 1.82) is 0 Å². The number of carbonyl (C=O) groups excluding carboxylic acids is 1. The Labute approximate surface area is 92.7 Å². The predicted octanol–water partition coefficient (Wildman–Crippen LogP) is 0.634. The van der Waals surface area contributed by atoms with Gasteiger partial charge in [-0.15, -0.1) is 0 Å². The maximum absolute atomic E-state index is 11.8. The molecule has 2 aromatic heterocycles. The van der Waals surface area contributed by atoms with Gasteiger partial charge in [0.15, 0.2) is 0 Å². The third-order valence-electron chi connectivity index (χ3n) is 2.33. The van der Waals surface area contributed by atoms with Crippen molar-refractivity contribution in [2.24, 2.45) is 7.05 Å². The van der Waals surface area contributed by atoms with Gasteiger partial charge < -0.3 is 10.3 Å². The summed E-state index contributed by atoms with van der Waals surface area (Å²) in [6.07, 6.45) is 4.97. The number of aromatic amines is 1. The topological polar surface area (TPSA) is 75.6 Å². The number of rotatable bonds is 3. The molecule has 2 heterocycles. The van der Waals surface area contributed by atoms with Crippen molar-refractivity contribution >= 4 is 5.91 Å². The zero-order valence-electron chi connectivity index (χ0n) is 9.14. The molecule has 84 valence electrons. The summed E-state index contributed by atoms with van der Waals surface area (Å²) in [5.41, 5.74) is 0.526. The second-order valence-electron chi connectivity index (χ2n) is 3.51. The number of hydrogen-bond acceptors (Lipinski definition) is 3. The Bertz CT molecular complexity index is 473. The number of carbonyl (C=O) groups is 1. The van der Waals surface area contributed by atoms with E-state index in [1.165, 1.54) is 4.68 Å². The van der Waals surface area contributed by atoms with Crippen LogP contribution in [-0.4, -0.2) is 25.7 Å². The van der Waals surface area contributed by atoms with Gasteiger partial charge in [0.1, 0.15) is 11.5 Å². The van der Waals surface area contributed by atoms with Crippen molar-refractivity contribution in [3.05, 3.63) is 36.2 Å². The van der Waals surface area contributed by atoms with Crippen LogP contribution in [0.5, 0.6) is 0 Å². The minimum Gasteiger partial charge on any atom is -0.347 e. The van der Waals surface area contributed by atoms with Gasteiger partial charge in [-0.25, -0.2) is 4.98 Å². The Morgan fingerprint density at radius 3 is 2.94 bits per heavy atom. The van der Waals surface area contributed by atoms with Crippen LogP contribution in [0.1, 0.15) is 29.3 Å². The lowest BCUT2D eigenvalue weighted by Gasteiger charge is -2.11. The Kier molecular flexibility index (Phi) is 2.72. The fourth-order valence-electron chi connectivity index (χ4n) is 1.45. The highest BCUT2D eigenvalue weighted by molar-refractivity contribution is 5.92. The van der Waals surface area contributed by atoms with Crippen LogP contribution in [0.3, 0.4) is 0 Å². The number of aromatic nitrogens is 4. The molecule has 2 rings (SSSR count). The quantitative estimate of drug-likeness (QED) is 0.795. The van der Waals surface area contributed by atoms with Gasteiger partial charge in [-0.3, -0.25) is 9.48 Å². The minimum absolute atomic E-state index is 0.155. The number of H-pyrrole nitrogens is 1. The Balaban J connectivity index is 2.06. The molecule has 0 bridgehead atoms. The van der Waals surface area contributed by atoms with E-state index in [2.05, 4.69) is 20.4 Å². The molecule has 2 aromatic rings. The van der Waals surface area contributed by atoms with E-state index in [4.69, 9.17) is 0 Å². The number of aryl methyl sites for hydroxylation is 1. The lowest BCUT2D eigenvalue weighted by Crippen LogP contribution is -2.29. The first-order valence-corrected chi connectivity index (χ1v) is 4.96. The van der Waals surface area contributed by atoms with Crippen LogP contribution >= 0.6 is 0 Å². The van der Waals surface area contributed by atoms with Gasteiger partial charge in [0, 0.05) is 25.6 Å². The molecule has 1 atom stereocenters. The van der Waals surface area contributed by atoms with Gasteiger partial charge in [0.2, 0.25) is 0 Å². The van der Waals surface area contributed by atoms with Crippen molar-refractivity contribution < 1.29 is 4.79 Å².